The topological polar surface area (TPSA) is 34.1 Å². The number of carbonyl (C=O) groups is 2. The van der Waals surface area contributed by atoms with Gasteiger partial charge in [-0.3, -0.25) is 9.59 Å². The van der Waals surface area contributed by atoms with Gasteiger partial charge in [0.05, 0.1) is 0 Å². The number of ketones is 1. The van der Waals surface area contributed by atoms with Crippen LogP contribution in [0.5, 0.6) is 0 Å². The number of benzene rings is 2. The third-order valence-electron chi connectivity index (χ3n) is 3.35. The Morgan fingerprint density at radius 2 is 1.58 bits per heavy atom. The summed E-state index contributed by atoms with van der Waals surface area (Å²) in [4.78, 5) is 22.8. The number of fused-ring (bicyclic) bond motifs is 1. The molecule has 0 bridgehead atoms. The molecule has 0 fully saturated rings. The highest BCUT2D eigenvalue weighted by Gasteiger charge is 2.23. The summed E-state index contributed by atoms with van der Waals surface area (Å²) in [5.74, 6) is 0.107. The van der Waals surface area contributed by atoms with Gasteiger partial charge in [0.15, 0.2) is 5.78 Å². The molecule has 2 aromatic carbocycles. The standard InChI is InChI=1S/C17H12O2/c18-11-13-7-5-12(6-8-13)9-15-10-14-3-1-2-4-16(14)17(15)19/h1-9,11H,10H2. The summed E-state index contributed by atoms with van der Waals surface area (Å²) >= 11 is 0. The summed E-state index contributed by atoms with van der Waals surface area (Å²) in [6.45, 7) is 0. The van der Waals surface area contributed by atoms with E-state index in [4.69, 9.17) is 0 Å². The van der Waals surface area contributed by atoms with Crippen LogP contribution < -0.4 is 0 Å². The molecule has 92 valence electrons. The lowest BCUT2D eigenvalue weighted by Gasteiger charge is -1.97. The van der Waals surface area contributed by atoms with E-state index in [2.05, 4.69) is 0 Å². The third-order valence-corrected chi connectivity index (χ3v) is 3.35. The summed E-state index contributed by atoms with van der Waals surface area (Å²) in [5, 5.41) is 0. The monoisotopic (exact) mass is 248 g/mol. The molecule has 0 aliphatic heterocycles. The molecule has 0 heterocycles. The maximum absolute atomic E-state index is 12.2. The first-order chi connectivity index (χ1) is 9.28. The third kappa shape index (κ3) is 2.13. The van der Waals surface area contributed by atoms with E-state index in [-0.39, 0.29) is 5.78 Å². The van der Waals surface area contributed by atoms with E-state index in [0.717, 1.165) is 28.5 Å². The van der Waals surface area contributed by atoms with E-state index in [9.17, 15) is 9.59 Å². The Morgan fingerprint density at radius 3 is 2.26 bits per heavy atom. The minimum Gasteiger partial charge on any atom is -0.298 e. The number of hydrogen-bond donors (Lipinski definition) is 0. The minimum atomic E-state index is 0.107. The van der Waals surface area contributed by atoms with Gasteiger partial charge in [0, 0.05) is 23.1 Å². The Bertz CT molecular complexity index is 679. The van der Waals surface area contributed by atoms with Crippen LogP contribution in [0.1, 0.15) is 31.8 Å². The van der Waals surface area contributed by atoms with E-state index in [1.807, 2.05) is 42.5 Å². The molecule has 19 heavy (non-hydrogen) atoms. The first kappa shape index (κ1) is 11.6. The van der Waals surface area contributed by atoms with Crippen LogP contribution in [-0.2, 0) is 6.42 Å². The minimum absolute atomic E-state index is 0.107. The number of carbonyl (C=O) groups excluding carboxylic acids is 2. The van der Waals surface area contributed by atoms with Gasteiger partial charge in [0.2, 0.25) is 0 Å². The number of allylic oxidation sites excluding steroid dienone is 1. The second-order valence-corrected chi connectivity index (χ2v) is 4.62. The summed E-state index contributed by atoms with van der Waals surface area (Å²) < 4.78 is 0. The summed E-state index contributed by atoms with van der Waals surface area (Å²) in [6, 6.07) is 14.9. The number of rotatable bonds is 2. The van der Waals surface area contributed by atoms with Gasteiger partial charge in [0.1, 0.15) is 6.29 Å². The molecule has 0 saturated carbocycles. The van der Waals surface area contributed by atoms with Crippen LogP contribution in [0.3, 0.4) is 0 Å². The molecular formula is C17H12O2. The summed E-state index contributed by atoms with van der Waals surface area (Å²) in [5.41, 5.74) is 4.28. The molecule has 1 aliphatic rings. The zero-order valence-electron chi connectivity index (χ0n) is 10.3. The summed E-state index contributed by atoms with van der Waals surface area (Å²) in [7, 11) is 0. The molecule has 2 aromatic rings. The molecule has 2 nitrogen and oxygen atoms in total. The van der Waals surface area contributed by atoms with Gasteiger partial charge in [0.25, 0.3) is 0 Å². The molecule has 0 N–H and O–H groups in total. The van der Waals surface area contributed by atoms with Crippen molar-refractivity contribution in [3.63, 3.8) is 0 Å². The number of aldehydes is 1. The molecule has 2 heteroatoms. The second kappa shape index (κ2) is 4.65. The highest BCUT2D eigenvalue weighted by molar-refractivity contribution is 6.15. The van der Waals surface area contributed by atoms with E-state index in [1.54, 1.807) is 12.1 Å². The van der Waals surface area contributed by atoms with Crippen molar-refractivity contribution in [2.24, 2.45) is 0 Å². The molecular weight excluding hydrogens is 236 g/mol. The second-order valence-electron chi connectivity index (χ2n) is 4.62. The lowest BCUT2D eigenvalue weighted by Crippen LogP contribution is -1.94. The highest BCUT2D eigenvalue weighted by atomic mass is 16.1. The van der Waals surface area contributed by atoms with Gasteiger partial charge in [-0.1, -0.05) is 48.5 Å². The highest BCUT2D eigenvalue weighted by Crippen LogP contribution is 2.27. The van der Waals surface area contributed by atoms with E-state index >= 15 is 0 Å². The molecule has 0 spiro atoms. The average molecular weight is 248 g/mol. The van der Waals surface area contributed by atoms with Gasteiger partial charge >= 0.3 is 0 Å². The zero-order valence-corrected chi connectivity index (χ0v) is 10.3. The number of Topliss-reactive ketones (excluding diaryl/α,β-unsaturated/α-hetero) is 1. The first-order valence-electron chi connectivity index (χ1n) is 6.16. The molecule has 0 amide bonds. The van der Waals surface area contributed by atoms with Gasteiger partial charge in [-0.05, 0) is 17.2 Å². The molecule has 1 aliphatic carbocycles. The predicted molar refractivity (Wildman–Crippen MR) is 74.3 cm³/mol. The fourth-order valence-corrected chi connectivity index (χ4v) is 2.34. The Labute approximate surface area is 111 Å². The van der Waals surface area contributed by atoms with Crippen molar-refractivity contribution in [1.82, 2.24) is 0 Å². The van der Waals surface area contributed by atoms with Crippen molar-refractivity contribution in [3.05, 3.63) is 76.4 Å². The molecule has 0 atom stereocenters. The van der Waals surface area contributed by atoms with Crippen LogP contribution in [0.2, 0.25) is 0 Å². The Kier molecular flexibility index (Phi) is 2.84. The predicted octanol–water partition coefficient (Wildman–Crippen LogP) is 3.32. The van der Waals surface area contributed by atoms with Crippen molar-refractivity contribution >= 4 is 18.1 Å². The molecule has 0 aromatic heterocycles. The first-order valence-corrected chi connectivity index (χ1v) is 6.16. The summed E-state index contributed by atoms with van der Waals surface area (Å²) in [6.07, 6.45) is 3.40. The quantitative estimate of drug-likeness (QED) is 0.603. The van der Waals surface area contributed by atoms with Crippen molar-refractivity contribution in [2.45, 2.75) is 6.42 Å². The van der Waals surface area contributed by atoms with Crippen LogP contribution in [0.25, 0.3) is 6.08 Å². The van der Waals surface area contributed by atoms with Crippen LogP contribution in [-0.4, -0.2) is 12.1 Å². The fraction of sp³-hybridized carbons (Fsp3) is 0.0588. The Balaban J connectivity index is 1.94. The van der Waals surface area contributed by atoms with E-state index in [0.29, 0.717) is 12.0 Å². The fourth-order valence-electron chi connectivity index (χ4n) is 2.34. The van der Waals surface area contributed by atoms with Crippen LogP contribution in [0.4, 0.5) is 0 Å². The largest absolute Gasteiger partial charge is 0.298 e. The van der Waals surface area contributed by atoms with E-state index in [1.165, 1.54) is 0 Å². The van der Waals surface area contributed by atoms with Gasteiger partial charge in [-0.15, -0.1) is 0 Å². The SMILES string of the molecule is O=Cc1ccc(C=C2Cc3ccccc3C2=O)cc1. The normalized spacial score (nSPS) is 15.6. The van der Waals surface area contributed by atoms with Gasteiger partial charge in [-0.2, -0.15) is 0 Å². The van der Waals surface area contributed by atoms with Crippen molar-refractivity contribution in [3.8, 4) is 0 Å². The number of hydrogen-bond acceptors (Lipinski definition) is 2. The van der Waals surface area contributed by atoms with Crippen LogP contribution >= 0.6 is 0 Å². The van der Waals surface area contributed by atoms with Gasteiger partial charge < -0.3 is 0 Å². The van der Waals surface area contributed by atoms with Crippen molar-refractivity contribution in [2.75, 3.05) is 0 Å². The molecule has 3 rings (SSSR count). The maximum atomic E-state index is 12.2. The van der Waals surface area contributed by atoms with Gasteiger partial charge in [-0.25, -0.2) is 0 Å². The lowest BCUT2D eigenvalue weighted by atomic mass is 10.1. The maximum Gasteiger partial charge on any atom is 0.189 e. The lowest BCUT2D eigenvalue weighted by molar-refractivity contribution is 0.104. The molecule has 0 unspecified atom stereocenters. The van der Waals surface area contributed by atoms with Crippen molar-refractivity contribution < 1.29 is 9.59 Å². The van der Waals surface area contributed by atoms with Crippen molar-refractivity contribution in [1.29, 1.82) is 0 Å². The smallest absolute Gasteiger partial charge is 0.189 e. The Morgan fingerprint density at radius 1 is 0.895 bits per heavy atom. The average Bonchev–Trinajstić information content (AvgIpc) is 2.77. The Hall–Kier alpha value is -2.48. The molecule has 0 radical (unpaired) electrons. The van der Waals surface area contributed by atoms with Crippen LogP contribution in [0, 0.1) is 0 Å². The molecule has 0 saturated heterocycles. The van der Waals surface area contributed by atoms with Crippen LogP contribution in [0.15, 0.2) is 54.1 Å². The zero-order chi connectivity index (χ0) is 13.2. The van der Waals surface area contributed by atoms with E-state index < -0.39 is 0 Å².